The second kappa shape index (κ2) is 8.49. The lowest BCUT2D eigenvalue weighted by Gasteiger charge is -2.47. The van der Waals surface area contributed by atoms with E-state index in [0.29, 0.717) is 37.2 Å². The normalized spacial score (nSPS) is 20.0. The number of alkyl halides is 3. The molecular weight excluding hydrogens is 398 g/mol. The summed E-state index contributed by atoms with van der Waals surface area (Å²) in [6, 6.07) is 6.64. The Morgan fingerprint density at radius 1 is 1.07 bits per heavy atom. The molecule has 4 rings (SSSR count). The van der Waals surface area contributed by atoms with E-state index in [9.17, 15) is 17.6 Å². The van der Waals surface area contributed by atoms with Crippen LogP contribution in [0.3, 0.4) is 0 Å². The van der Waals surface area contributed by atoms with Crippen LogP contribution in [0.2, 0.25) is 0 Å². The maximum Gasteiger partial charge on any atom is 0.395 e. The van der Waals surface area contributed by atoms with Crippen LogP contribution in [-0.4, -0.2) is 47.3 Å². The first-order valence-corrected chi connectivity index (χ1v) is 10.4. The molecule has 0 unspecified atom stereocenters. The van der Waals surface area contributed by atoms with E-state index in [1.165, 1.54) is 18.5 Å². The largest absolute Gasteiger partial charge is 0.463 e. The lowest BCUT2D eigenvalue weighted by Crippen LogP contribution is -2.53. The molecule has 0 bridgehead atoms. The van der Waals surface area contributed by atoms with Crippen LogP contribution < -0.4 is 4.74 Å². The zero-order valence-electron chi connectivity index (χ0n) is 16.7. The van der Waals surface area contributed by atoms with Gasteiger partial charge in [0.25, 0.3) is 0 Å². The van der Waals surface area contributed by atoms with Crippen LogP contribution in [0.4, 0.5) is 17.6 Å². The van der Waals surface area contributed by atoms with Gasteiger partial charge in [-0.25, -0.2) is 14.4 Å². The van der Waals surface area contributed by atoms with E-state index in [2.05, 4.69) is 9.97 Å². The van der Waals surface area contributed by atoms with Gasteiger partial charge in [0, 0.05) is 30.1 Å². The van der Waals surface area contributed by atoms with Crippen LogP contribution in [0.5, 0.6) is 6.01 Å². The summed E-state index contributed by atoms with van der Waals surface area (Å²) in [4.78, 5) is 10.3. The Morgan fingerprint density at radius 3 is 2.30 bits per heavy atom. The molecule has 1 saturated heterocycles. The standard InChI is InChI=1S/C22H25F4N3O/c23-19-5-2-1-4-18(19)17-12-27-20(28-13-17)30-14-16-6-10-29(11-7-16)15-21(8-3-9-21)22(24,25)26/h1-2,4-5,12-13,16H,3,6-11,14-15H2. The van der Waals surface area contributed by atoms with Gasteiger partial charge in [0.1, 0.15) is 5.82 Å². The molecule has 4 nitrogen and oxygen atoms in total. The average Bonchev–Trinajstić information content (AvgIpc) is 2.70. The second-order valence-electron chi connectivity index (χ2n) is 8.40. The van der Waals surface area contributed by atoms with Gasteiger partial charge in [-0.1, -0.05) is 24.6 Å². The number of nitrogens with zero attached hydrogens (tertiary/aromatic N) is 3. The molecule has 2 fully saturated rings. The summed E-state index contributed by atoms with van der Waals surface area (Å²) in [5.41, 5.74) is -0.493. The molecule has 0 N–H and O–H groups in total. The Hall–Kier alpha value is -2.22. The van der Waals surface area contributed by atoms with E-state index < -0.39 is 11.6 Å². The Labute approximate surface area is 173 Å². The van der Waals surface area contributed by atoms with Gasteiger partial charge in [-0.15, -0.1) is 0 Å². The fourth-order valence-corrected chi connectivity index (χ4v) is 4.29. The van der Waals surface area contributed by atoms with Crippen molar-refractivity contribution in [3.63, 3.8) is 0 Å². The predicted molar refractivity (Wildman–Crippen MR) is 104 cm³/mol. The van der Waals surface area contributed by atoms with Crippen molar-refractivity contribution < 1.29 is 22.3 Å². The highest BCUT2D eigenvalue weighted by Crippen LogP contribution is 2.53. The van der Waals surface area contributed by atoms with Crippen molar-refractivity contribution in [2.45, 2.75) is 38.3 Å². The predicted octanol–water partition coefficient (Wildman–Crippen LogP) is 5.11. The number of rotatable bonds is 6. The molecule has 1 aromatic heterocycles. The van der Waals surface area contributed by atoms with Crippen molar-refractivity contribution >= 4 is 0 Å². The average molecular weight is 423 g/mol. The van der Waals surface area contributed by atoms with E-state index in [1.54, 1.807) is 18.2 Å². The smallest absolute Gasteiger partial charge is 0.395 e. The van der Waals surface area contributed by atoms with Gasteiger partial charge in [0.05, 0.1) is 12.0 Å². The van der Waals surface area contributed by atoms with Crippen LogP contribution in [0.25, 0.3) is 11.1 Å². The highest BCUT2D eigenvalue weighted by atomic mass is 19.4. The second-order valence-corrected chi connectivity index (χ2v) is 8.40. The lowest BCUT2D eigenvalue weighted by molar-refractivity contribution is -0.256. The first kappa shape index (κ1) is 21.0. The molecular formula is C22H25F4N3O. The molecule has 0 spiro atoms. The summed E-state index contributed by atoms with van der Waals surface area (Å²) in [6.07, 6.45) is 1.69. The highest BCUT2D eigenvalue weighted by molar-refractivity contribution is 5.62. The van der Waals surface area contributed by atoms with Crippen LogP contribution in [0.15, 0.2) is 36.7 Å². The molecule has 8 heteroatoms. The van der Waals surface area contributed by atoms with Gasteiger partial charge in [0.2, 0.25) is 0 Å². The summed E-state index contributed by atoms with van der Waals surface area (Å²) >= 11 is 0. The van der Waals surface area contributed by atoms with E-state index in [-0.39, 0.29) is 37.1 Å². The van der Waals surface area contributed by atoms with Crippen LogP contribution >= 0.6 is 0 Å². The first-order valence-electron chi connectivity index (χ1n) is 10.4. The Balaban J connectivity index is 1.25. The number of likely N-dealkylation sites (tertiary alicyclic amines) is 1. The number of ether oxygens (including phenoxy) is 1. The summed E-state index contributed by atoms with van der Waals surface area (Å²) in [7, 11) is 0. The fourth-order valence-electron chi connectivity index (χ4n) is 4.29. The zero-order valence-corrected chi connectivity index (χ0v) is 16.7. The van der Waals surface area contributed by atoms with Crippen molar-refractivity contribution in [2.75, 3.05) is 26.2 Å². The Morgan fingerprint density at radius 2 is 1.73 bits per heavy atom. The van der Waals surface area contributed by atoms with Gasteiger partial charge in [0.15, 0.2) is 0 Å². The maximum absolute atomic E-state index is 13.8. The monoisotopic (exact) mass is 423 g/mol. The molecule has 0 atom stereocenters. The molecule has 2 aliphatic rings. The minimum Gasteiger partial charge on any atom is -0.463 e. The van der Waals surface area contributed by atoms with Crippen molar-refractivity contribution in [1.29, 1.82) is 0 Å². The van der Waals surface area contributed by atoms with E-state index >= 15 is 0 Å². The van der Waals surface area contributed by atoms with Crippen molar-refractivity contribution in [2.24, 2.45) is 11.3 Å². The molecule has 30 heavy (non-hydrogen) atoms. The number of benzene rings is 1. The molecule has 0 radical (unpaired) electrons. The molecule has 0 amide bonds. The van der Waals surface area contributed by atoms with Crippen LogP contribution in [0.1, 0.15) is 32.1 Å². The molecule has 1 aliphatic heterocycles. The Bertz CT molecular complexity index is 844. The third kappa shape index (κ3) is 4.43. The lowest BCUT2D eigenvalue weighted by atomic mass is 9.67. The minimum atomic E-state index is -4.11. The third-order valence-electron chi connectivity index (χ3n) is 6.41. The number of piperidine rings is 1. The van der Waals surface area contributed by atoms with Gasteiger partial charge in [-0.3, -0.25) is 0 Å². The van der Waals surface area contributed by atoms with Gasteiger partial charge >= 0.3 is 12.2 Å². The van der Waals surface area contributed by atoms with Crippen molar-refractivity contribution in [1.82, 2.24) is 14.9 Å². The zero-order chi connectivity index (χ0) is 21.2. The summed E-state index contributed by atoms with van der Waals surface area (Å²) in [5.74, 6) is -0.0740. The van der Waals surface area contributed by atoms with Gasteiger partial charge < -0.3 is 9.64 Å². The quantitative estimate of drug-likeness (QED) is 0.606. The summed E-state index contributed by atoms with van der Waals surface area (Å²) in [6.45, 7) is 1.85. The first-order chi connectivity index (χ1) is 14.4. The molecule has 2 aromatic rings. The van der Waals surface area contributed by atoms with Crippen molar-refractivity contribution in [3.05, 3.63) is 42.5 Å². The summed E-state index contributed by atoms with van der Waals surface area (Å²) < 4.78 is 59.6. The van der Waals surface area contributed by atoms with Crippen LogP contribution in [0, 0.1) is 17.2 Å². The molecule has 1 aromatic carbocycles. The number of aromatic nitrogens is 2. The van der Waals surface area contributed by atoms with Gasteiger partial charge in [-0.2, -0.15) is 13.2 Å². The molecule has 1 saturated carbocycles. The third-order valence-corrected chi connectivity index (χ3v) is 6.41. The van der Waals surface area contributed by atoms with Gasteiger partial charge in [-0.05, 0) is 50.8 Å². The Kier molecular flexibility index (Phi) is 5.95. The topological polar surface area (TPSA) is 38.2 Å². The van der Waals surface area contributed by atoms with Crippen molar-refractivity contribution in [3.8, 4) is 17.1 Å². The SMILES string of the molecule is Fc1ccccc1-c1cnc(OCC2CCN(CC3(C(F)(F)F)CCC3)CC2)nc1. The molecule has 162 valence electrons. The van der Waals surface area contributed by atoms with E-state index in [1.807, 2.05) is 4.90 Å². The number of hydrogen-bond acceptors (Lipinski definition) is 4. The van der Waals surface area contributed by atoms with E-state index in [4.69, 9.17) is 4.74 Å². The highest BCUT2D eigenvalue weighted by Gasteiger charge is 2.58. The molecule has 2 heterocycles. The van der Waals surface area contributed by atoms with E-state index in [0.717, 1.165) is 12.8 Å². The molecule has 1 aliphatic carbocycles. The number of halogens is 4. The maximum atomic E-state index is 13.8. The van der Waals surface area contributed by atoms with Crippen LogP contribution in [-0.2, 0) is 0 Å². The number of hydrogen-bond donors (Lipinski definition) is 0. The minimum absolute atomic E-state index is 0.116. The fraction of sp³-hybridized carbons (Fsp3) is 0.545. The summed E-state index contributed by atoms with van der Waals surface area (Å²) in [5, 5.41) is 0.